The highest BCUT2D eigenvalue weighted by molar-refractivity contribution is 5.79. The van der Waals surface area contributed by atoms with Crippen molar-refractivity contribution in [2.24, 2.45) is 0 Å². The first-order valence-corrected chi connectivity index (χ1v) is 5.66. The highest BCUT2D eigenvalue weighted by Gasteiger charge is 2.09. The molecule has 19 heavy (non-hydrogen) atoms. The maximum Gasteiger partial charge on any atom is 0.150 e. The Morgan fingerprint density at radius 3 is 2.16 bits per heavy atom. The molecular formula is C15H13FO3. The second kappa shape index (κ2) is 5.52. The Hall–Kier alpha value is -2.36. The Morgan fingerprint density at radius 2 is 1.63 bits per heavy atom. The summed E-state index contributed by atoms with van der Waals surface area (Å²) in [5.41, 5.74) is 1.34. The maximum atomic E-state index is 13.9. The first-order chi connectivity index (χ1) is 9.17. The standard InChI is InChI=1S/C15H13FO3/c1-18-12-6-11(7-13(8-12)19-2)14-5-10(9-17)3-4-15(14)16/h3-9H,1-2H3. The lowest BCUT2D eigenvalue weighted by molar-refractivity contribution is 0.112. The van der Waals surface area contributed by atoms with Gasteiger partial charge < -0.3 is 9.47 Å². The summed E-state index contributed by atoms with van der Waals surface area (Å²) in [6, 6.07) is 9.28. The molecule has 0 aliphatic rings. The summed E-state index contributed by atoms with van der Waals surface area (Å²) in [5.74, 6) is 0.719. The number of hydrogen-bond acceptors (Lipinski definition) is 3. The van der Waals surface area contributed by atoms with Crippen molar-refractivity contribution in [3.8, 4) is 22.6 Å². The lowest BCUT2D eigenvalue weighted by atomic mass is 10.0. The molecule has 2 aromatic carbocycles. The van der Waals surface area contributed by atoms with E-state index in [1.807, 2.05) is 0 Å². The smallest absolute Gasteiger partial charge is 0.150 e. The molecule has 0 aliphatic heterocycles. The first-order valence-electron chi connectivity index (χ1n) is 5.66. The Balaban J connectivity index is 2.60. The fourth-order valence-corrected chi connectivity index (χ4v) is 1.80. The Kier molecular flexibility index (Phi) is 3.80. The Bertz CT molecular complexity index is 586. The third-order valence-corrected chi connectivity index (χ3v) is 2.79. The van der Waals surface area contributed by atoms with Gasteiger partial charge in [-0.05, 0) is 35.9 Å². The first kappa shape index (κ1) is 13.1. The second-order valence-corrected chi connectivity index (χ2v) is 3.96. The lowest BCUT2D eigenvalue weighted by Gasteiger charge is -2.09. The Labute approximate surface area is 110 Å². The predicted molar refractivity (Wildman–Crippen MR) is 70.3 cm³/mol. The van der Waals surface area contributed by atoms with Gasteiger partial charge in [0.2, 0.25) is 0 Å². The van der Waals surface area contributed by atoms with Crippen molar-refractivity contribution in [3.63, 3.8) is 0 Å². The monoisotopic (exact) mass is 260 g/mol. The molecule has 0 aliphatic carbocycles. The minimum atomic E-state index is -0.402. The third-order valence-electron chi connectivity index (χ3n) is 2.79. The molecule has 0 radical (unpaired) electrons. The van der Waals surface area contributed by atoms with Crippen LogP contribution in [0.25, 0.3) is 11.1 Å². The van der Waals surface area contributed by atoms with E-state index >= 15 is 0 Å². The number of ether oxygens (including phenoxy) is 2. The van der Waals surface area contributed by atoms with E-state index in [9.17, 15) is 9.18 Å². The van der Waals surface area contributed by atoms with E-state index in [-0.39, 0.29) is 0 Å². The summed E-state index contributed by atoms with van der Waals surface area (Å²) >= 11 is 0. The SMILES string of the molecule is COc1cc(OC)cc(-c2cc(C=O)ccc2F)c1. The quantitative estimate of drug-likeness (QED) is 0.791. The molecule has 0 saturated heterocycles. The van der Waals surface area contributed by atoms with Crippen molar-refractivity contribution in [2.45, 2.75) is 0 Å². The van der Waals surface area contributed by atoms with Crippen LogP contribution in [0.15, 0.2) is 36.4 Å². The van der Waals surface area contributed by atoms with Gasteiger partial charge in [0, 0.05) is 17.2 Å². The molecule has 0 bridgehead atoms. The topological polar surface area (TPSA) is 35.5 Å². The van der Waals surface area contributed by atoms with E-state index in [0.717, 1.165) is 0 Å². The van der Waals surface area contributed by atoms with Crippen LogP contribution < -0.4 is 9.47 Å². The molecule has 98 valence electrons. The van der Waals surface area contributed by atoms with Gasteiger partial charge in [-0.15, -0.1) is 0 Å². The molecule has 2 aromatic rings. The van der Waals surface area contributed by atoms with Crippen LogP contribution in [0.4, 0.5) is 4.39 Å². The van der Waals surface area contributed by atoms with Crippen molar-refractivity contribution in [3.05, 3.63) is 47.8 Å². The highest BCUT2D eigenvalue weighted by atomic mass is 19.1. The fourth-order valence-electron chi connectivity index (χ4n) is 1.80. The van der Waals surface area contributed by atoms with Gasteiger partial charge in [-0.3, -0.25) is 4.79 Å². The number of rotatable bonds is 4. The minimum absolute atomic E-state index is 0.335. The van der Waals surface area contributed by atoms with Crippen LogP contribution in [0.5, 0.6) is 11.5 Å². The largest absolute Gasteiger partial charge is 0.497 e. The van der Waals surface area contributed by atoms with Gasteiger partial charge in [0.15, 0.2) is 0 Å². The average Bonchev–Trinajstić information content (AvgIpc) is 2.47. The van der Waals surface area contributed by atoms with Crippen LogP contribution in [0.1, 0.15) is 10.4 Å². The number of hydrogen-bond donors (Lipinski definition) is 0. The zero-order valence-electron chi connectivity index (χ0n) is 10.6. The normalized spacial score (nSPS) is 10.1. The summed E-state index contributed by atoms with van der Waals surface area (Å²) in [5, 5.41) is 0. The zero-order chi connectivity index (χ0) is 13.8. The fraction of sp³-hybridized carbons (Fsp3) is 0.133. The van der Waals surface area contributed by atoms with Crippen molar-refractivity contribution in [1.82, 2.24) is 0 Å². The molecule has 0 saturated carbocycles. The van der Waals surface area contributed by atoms with Gasteiger partial charge in [-0.1, -0.05) is 0 Å². The van der Waals surface area contributed by atoms with Gasteiger partial charge >= 0.3 is 0 Å². The molecule has 0 fully saturated rings. The molecule has 0 N–H and O–H groups in total. The number of methoxy groups -OCH3 is 2. The van der Waals surface area contributed by atoms with E-state index in [0.29, 0.717) is 34.5 Å². The van der Waals surface area contributed by atoms with Crippen molar-refractivity contribution in [1.29, 1.82) is 0 Å². The second-order valence-electron chi connectivity index (χ2n) is 3.96. The summed E-state index contributed by atoms with van der Waals surface area (Å²) in [7, 11) is 3.05. The van der Waals surface area contributed by atoms with E-state index < -0.39 is 5.82 Å². The van der Waals surface area contributed by atoms with Crippen LogP contribution in [0.2, 0.25) is 0 Å². The predicted octanol–water partition coefficient (Wildman–Crippen LogP) is 3.32. The molecule has 4 heteroatoms. The van der Waals surface area contributed by atoms with Crippen LogP contribution in [0.3, 0.4) is 0 Å². The van der Waals surface area contributed by atoms with Crippen molar-refractivity contribution < 1.29 is 18.7 Å². The molecular weight excluding hydrogens is 247 g/mol. The number of carbonyl (C=O) groups excluding carboxylic acids is 1. The van der Waals surface area contributed by atoms with Gasteiger partial charge in [-0.25, -0.2) is 4.39 Å². The van der Waals surface area contributed by atoms with Crippen LogP contribution in [0, 0.1) is 5.82 Å². The van der Waals surface area contributed by atoms with Crippen molar-refractivity contribution >= 4 is 6.29 Å². The maximum absolute atomic E-state index is 13.9. The molecule has 0 amide bonds. The van der Waals surface area contributed by atoms with E-state index in [1.54, 1.807) is 18.2 Å². The number of benzene rings is 2. The molecule has 0 atom stereocenters. The number of aldehydes is 1. The average molecular weight is 260 g/mol. The zero-order valence-corrected chi connectivity index (χ0v) is 10.6. The van der Waals surface area contributed by atoms with Crippen LogP contribution in [-0.2, 0) is 0 Å². The summed E-state index contributed by atoms with van der Waals surface area (Å²) < 4.78 is 24.2. The number of carbonyl (C=O) groups is 1. The molecule has 0 unspecified atom stereocenters. The molecule has 3 nitrogen and oxygen atoms in total. The molecule has 0 heterocycles. The van der Waals surface area contributed by atoms with Crippen molar-refractivity contribution in [2.75, 3.05) is 14.2 Å². The highest BCUT2D eigenvalue weighted by Crippen LogP contribution is 2.31. The Morgan fingerprint density at radius 1 is 1.00 bits per heavy atom. The summed E-state index contributed by atoms with van der Waals surface area (Å²) in [6.45, 7) is 0. The van der Waals surface area contributed by atoms with E-state index in [4.69, 9.17) is 9.47 Å². The lowest BCUT2D eigenvalue weighted by Crippen LogP contribution is -1.92. The van der Waals surface area contributed by atoms with Gasteiger partial charge in [-0.2, -0.15) is 0 Å². The molecule has 0 aromatic heterocycles. The summed E-state index contributed by atoms with van der Waals surface area (Å²) in [6.07, 6.45) is 0.681. The molecule has 0 spiro atoms. The summed E-state index contributed by atoms with van der Waals surface area (Å²) in [4.78, 5) is 10.8. The van der Waals surface area contributed by atoms with Gasteiger partial charge in [0.05, 0.1) is 14.2 Å². The van der Waals surface area contributed by atoms with Crippen LogP contribution >= 0.6 is 0 Å². The minimum Gasteiger partial charge on any atom is -0.497 e. The van der Waals surface area contributed by atoms with Gasteiger partial charge in [0.25, 0.3) is 0 Å². The van der Waals surface area contributed by atoms with E-state index in [1.165, 1.54) is 32.4 Å². The van der Waals surface area contributed by atoms with Crippen LogP contribution in [-0.4, -0.2) is 20.5 Å². The van der Waals surface area contributed by atoms with Gasteiger partial charge in [0.1, 0.15) is 23.6 Å². The van der Waals surface area contributed by atoms with E-state index in [2.05, 4.69) is 0 Å². The number of halogens is 1. The third kappa shape index (κ3) is 2.73. The molecule has 2 rings (SSSR count).